The highest BCUT2D eigenvalue weighted by atomic mass is 19.3. The topological polar surface area (TPSA) is 56.2 Å². The van der Waals surface area contributed by atoms with Crippen molar-refractivity contribution in [2.24, 2.45) is 7.05 Å². The van der Waals surface area contributed by atoms with Crippen LogP contribution in [0.3, 0.4) is 0 Å². The van der Waals surface area contributed by atoms with Crippen LogP contribution in [0.2, 0.25) is 0 Å². The Bertz CT molecular complexity index is 733. The van der Waals surface area contributed by atoms with E-state index in [0.717, 1.165) is 6.07 Å². The first-order valence-corrected chi connectivity index (χ1v) is 6.58. The number of para-hydroxylation sites is 2. The summed E-state index contributed by atoms with van der Waals surface area (Å²) in [6.45, 7) is -1.01. The number of nitrogens with one attached hydrogen (secondary N) is 1. The van der Waals surface area contributed by atoms with Gasteiger partial charge in [0.2, 0.25) is 0 Å². The Morgan fingerprint density at radius 3 is 2.67 bits per heavy atom. The lowest BCUT2D eigenvalue weighted by Crippen LogP contribution is -2.33. The minimum absolute atomic E-state index is 0.115. The van der Waals surface area contributed by atoms with E-state index in [9.17, 15) is 26.7 Å². The molecular formula is C14H12F5N3O2. The van der Waals surface area contributed by atoms with Gasteiger partial charge >= 0.3 is 12.5 Å². The number of rotatable bonds is 6. The number of benzene rings is 1. The van der Waals surface area contributed by atoms with Crippen molar-refractivity contribution in [3.05, 3.63) is 41.7 Å². The van der Waals surface area contributed by atoms with Gasteiger partial charge in [0.25, 0.3) is 5.91 Å². The Morgan fingerprint density at radius 2 is 2.04 bits per heavy atom. The number of carbonyl (C=O) groups is 1. The number of anilines is 1. The molecule has 1 amide bonds. The molecule has 0 radical (unpaired) electrons. The first kappa shape index (κ1) is 17.7. The molecule has 10 heteroatoms. The molecule has 2 rings (SSSR count). The summed E-state index contributed by atoms with van der Waals surface area (Å²) in [5, 5.41) is 5.94. The third kappa shape index (κ3) is 3.81. The lowest BCUT2D eigenvalue weighted by atomic mass is 10.2. The van der Waals surface area contributed by atoms with Crippen molar-refractivity contribution in [2.45, 2.75) is 19.2 Å². The highest BCUT2D eigenvalue weighted by Crippen LogP contribution is 2.32. The summed E-state index contributed by atoms with van der Waals surface area (Å²) in [5.41, 5.74) is -0.529. The molecule has 2 aromatic rings. The Hall–Kier alpha value is -2.65. The van der Waals surface area contributed by atoms with Crippen LogP contribution in [0.5, 0.6) is 5.75 Å². The third-order valence-electron chi connectivity index (χ3n) is 2.91. The number of aromatic nitrogens is 2. The number of hydrogen-bond donors (Lipinski definition) is 1. The Kier molecular flexibility index (Phi) is 5.05. The third-order valence-corrected chi connectivity index (χ3v) is 2.91. The highest BCUT2D eigenvalue weighted by Gasteiger charge is 2.44. The molecule has 1 heterocycles. The van der Waals surface area contributed by atoms with E-state index < -0.39 is 30.9 Å². The van der Waals surface area contributed by atoms with Crippen molar-refractivity contribution in [3.8, 4) is 5.75 Å². The number of amides is 1. The highest BCUT2D eigenvalue weighted by molar-refractivity contribution is 6.05. The van der Waals surface area contributed by atoms with Crippen LogP contribution in [0, 0.1) is 0 Å². The van der Waals surface area contributed by atoms with Crippen LogP contribution >= 0.6 is 0 Å². The molecule has 130 valence electrons. The fraction of sp³-hybridized carbons (Fsp3) is 0.286. The molecule has 1 N–H and O–H groups in total. The van der Waals surface area contributed by atoms with Gasteiger partial charge in [0.05, 0.1) is 11.3 Å². The maximum atomic E-state index is 13.0. The zero-order valence-electron chi connectivity index (χ0n) is 12.3. The summed E-state index contributed by atoms with van der Waals surface area (Å²) in [7, 11) is 1.47. The van der Waals surface area contributed by atoms with Gasteiger partial charge in [-0.1, -0.05) is 12.1 Å². The molecule has 0 bridgehead atoms. The van der Waals surface area contributed by atoms with Crippen molar-refractivity contribution < 1.29 is 31.5 Å². The quantitative estimate of drug-likeness (QED) is 0.814. The molecule has 5 nitrogen and oxygen atoms in total. The lowest BCUT2D eigenvalue weighted by Gasteiger charge is -2.19. The molecule has 0 aliphatic heterocycles. The summed E-state index contributed by atoms with van der Waals surface area (Å²) in [5.74, 6) is -1.49. The minimum atomic E-state index is -4.72. The summed E-state index contributed by atoms with van der Waals surface area (Å²) < 4.78 is 68.6. The van der Waals surface area contributed by atoms with Crippen molar-refractivity contribution in [3.63, 3.8) is 0 Å². The maximum absolute atomic E-state index is 13.0. The first-order valence-electron chi connectivity index (χ1n) is 6.58. The largest absolute Gasteiger partial charge is 0.461 e. The van der Waals surface area contributed by atoms with Crippen LogP contribution in [-0.4, -0.2) is 28.2 Å². The van der Waals surface area contributed by atoms with Gasteiger partial charge in [-0.25, -0.2) is 4.39 Å². The van der Waals surface area contributed by atoms with Gasteiger partial charge in [-0.2, -0.15) is 22.7 Å². The van der Waals surface area contributed by atoms with Crippen LogP contribution in [0.1, 0.15) is 16.1 Å². The van der Waals surface area contributed by atoms with Gasteiger partial charge in [0.15, 0.2) is 0 Å². The van der Waals surface area contributed by atoms with Crippen molar-refractivity contribution in [1.29, 1.82) is 0 Å². The zero-order chi connectivity index (χ0) is 17.9. The van der Waals surface area contributed by atoms with Gasteiger partial charge in [-0.05, 0) is 12.1 Å². The zero-order valence-corrected chi connectivity index (χ0v) is 12.3. The predicted molar refractivity (Wildman–Crippen MR) is 74.0 cm³/mol. The van der Waals surface area contributed by atoms with Gasteiger partial charge in [-0.15, -0.1) is 0 Å². The predicted octanol–water partition coefficient (Wildman–Crippen LogP) is 3.38. The van der Waals surface area contributed by atoms with E-state index in [1.807, 2.05) is 0 Å². The molecule has 24 heavy (non-hydrogen) atoms. The standard InChI is InChI=1S/C14H12F5N3O2/c1-22-7-8(10(6-15)21-22)12(23)20-9-4-2-3-5-11(9)24-14(18,19)13(16)17/h2-5,7,13H,6H2,1H3,(H,20,23). The summed E-state index contributed by atoms with van der Waals surface area (Å²) >= 11 is 0. The normalized spacial score (nSPS) is 11.6. The summed E-state index contributed by atoms with van der Waals surface area (Å²) in [6, 6.07) is 4.82. The number of ether oxygens (including phenoxy) is 1. The van der Waals surface area contributed by atoms with E-state index in [1.165, 1.54) is 36.1 Å². The second-order valence-electron chi connectivity index (χ2n) is 4.71. The van der Waals surface area contributed by atoms with Crippen molar-refractivity contribution in [2.75, 3.05) is 5.32 Å². The summed E-state index contributed by atoms with van der Waals surface area (Å²) in [4.78, 5) is 12.1. The molecule has 0 fully saturated rings. The number of aryl methyl sites for hydroxylation is 1. The SMILES string of the molecule is Cn1cc(C(=O)Nc2ccccc2OC(F)(F)C(F)F)c(CF)n1. The number of nitrogens with zero attached hydrogens (tertiary/aromatic N) is 2. The van der Waals surface area contributed by atoms with Crippen LogP contribution in [0.15, 0.2) is 30.5 Å². The van der Waals surface area contributed by atoms with Gasteiger partial charge in [0.1, 0.15) is 18.1 Å². The van der Waals surface area contributed by atoms with Crippen LogP contribution in [-0.2, 0) is 13.7 Å². The second-order valence-corrected chi connectivity index (χ2v) is 4.71. The van der Waals surface area contributed by atoms with Crippen LogP contribution < -0.4 is 10.1 Å². The second kappa shape index (κ2) is 6.85. The Morgan fingerprint density at radius 1 is 1.38 bits per heavy atom. The Labute approximate surface area is 133 Å². The lowest BCUT2D eigenvalue weighted by molar-refractivity contribution is -0.252. The number of carbonyl (C=O) groups excluding carboxylic acids is 1. The smallest absolute Gasteiger partial charge is 0.426 e. The average molecular weight is 349 g/mol. The van der Waals surface area contributed by atoms with E-state index in [0.29, 0.717) is 0 Å². The average Bonchev–Trinajstić information content (AvgIpc) is 2.90. The van der Waals surface area contributed by atoms with Crippen LogP contribution in [0.25, 0.3) is 0 Å². The first-order chi connectivity index (χ1) is 11.2. The van der Waals surface area contributed by atoms with E-state index in [2.05, 4.69) is 15.2 Å². The fourth-order valence-electron chi connectivity index (χ4n) is 1.86. The Balaban J connectivity index is 2.25. The molecule has 0 aliphatic carbocycles. The molecule has 0 unspecified atom stereocenters. The van der Waals surface area contributed by atoms with Gasteiger partial charge in [-0.3, -0.25) is 9.48 Å². The van der Waals surface area contributed by atoms with Crippen molar-refractivity contribution in [1.82, 2.24) is 9.78 Å². The van der Waals surface area contributed by atoms with Crippen molar-refractivity contribution >= 4 is 11.6 Å². The molecule has 1 aromatic carbocycles. The number of alkyl halides is 5. The van der Waals surface area contributed by atoms with E-state index >= 15 is 0 Å². The molecule has 0 spiro atoms. The molecule has 0 saturated carbocycles. The van der Waals surface area contributed by atoms with Crippen LogP contribution in [0.4, 0.5) is 27.6 Å². The van der Waals surface area contributed by atoms with Gasteiger partial charge < -0.3 is 10.1 Å². The molecule has 1 aromatic heterocycles. The molecular weight excluding hydrogens is 337 g/mol. The number of halogens is 5. The summed E-state index contributed by atoms with van der Waals surface area (Å²) in [6.07, 6.45) is -7.53. The molecule has 0 atom stereocenters. The van der Waals surface area contributed by atoms with E-state index in [1.54, 1.807) is 0 Å². The van der Waals surface area contributed by atoms with Gasteiger partial charge in [0, 0.05) is 13.2 Å². The maximum Gasteiger partial charge on any atom is 0.461 e. The molecule has 0 aliphatic rings. The minimum Gasteiger partial charge on any atom is -0.426 e. The van der Waals surface area contributed by atoms with E-state index in [4.69, 9.17) is 0 Å². The number of hydrogen-bond acceptors (Lipinski definition) is 3. The molecule has 0 saturated heterocycles. The monoisotopic (exact) mass is 349 g/mol. The van der Waals surface area contributed by atoms with E-state index in [-0.39, 0.29) is 16.9 Å². The fourth-order valence-corrected chi connectivity index (χ4v) is 1.86.